The predicted molar refractivity (Wildman–Crippen MR) is 124 cm³/mol. The van der Waals surface area contributed by atoms with Gasteiger partial charge in [-0.05, 0) is 61.0 Å². The first kappa shape index (κ1) is 23.2. The average molecular weight is 454 g/mol. The maximum atomic E-state index is 11.6. The zero-order chi connectivity index (χ0) is 22.9. The van der Waals surface area contributed by atoms with Gasteiger partial charge in [0.25, 0.3) is 0 Å². The summed E-state index contributed by atoms with van der Waals surface area (Å²) in [4.78, 5) is 17.0. The highest BCUT2D eigenvalue weighted by Gasteiger charge is 2.08. The summed E-state index contributed by atoms with van der Waals surface area (Å²) in [7, 11) is 3.15. The lowest BCUT2D eigenvalue weighted by Crippen LogP contribution is -1.99. The summed E-state index contributed by atoms with van der Waals surface area (Å²) in [6, 6.07) is 18.1. The number of nitrogens with zero attached hydrogens (tertiary/aromatic N) is 1. The van der Waals surface area contributed by atoms with E-state index in [1.165, 1.54) is 6.92 Å². The number of hydrogen-bond acceptors (Lipinski definition) is 6. The first-order chi connectivity index (χ1) is 15.5. The fourth-order valence-electron chi connectivity index (χ4n) is 2.94. The van der Waals surface area contributed by atoms with Crippen LogP contribution in [0.15, 0.2) is 65.8 Å². The number of Topliss-reactive ketones (excluding diaryl/α,β-unsaturated/α-hetero) is 1. The highest BCUT2D eigenvalue weighted by atomic mass is 35.5. The van der Waals surface area contributed by atoms with Crippen LogP contribution >= 0.6 is 11.6 Å². The van der Waals surface area contributed by atoms with Gasteiger partial charge in [0.1, 0.15) is 19.0 Å². The Bertz CT molecular complexity index is 1100. The Kier molecular flexibility index (Phi) is 8.11. The summed E-state index contributed by atoms with van der Waals surface area (Å²) in [6.07, 6.45) is 1.58. The van der Waals surface area contributed by atoms with Crippen LogP contribution in [0, 0.1) is 0 Å². The Labute approximate surface area is 192 Å². The Balaban J connectivity index is 1.62. The van der Waals surface area contributed by atoms with Gasteiger partial charge >= 0.3 is 0 Å². The van der Waals surface area contributed by atoms with Crippen molar-refractivity contribution in [1.82, 2.24) is 0 Å². The van der Waals surface area contributed by atoms with Gasteiger partial charge in [0.15, 0.2) is 17.3 Å². The molecule has 0 aliphatic heterocycles. The van der Waals surface area contributed by atoms with Crippen LogP contribution in [-0.2, 0) is 18.1 Å². The summed E-state index contributed by atoms with van der Waals surface area (Å²) in [5, 5.41) is 4.70. The van der Waals surface area contributed by atoms with Crippen LogP contribution in [0.25, 0.3) is 0 Å². The third-order valence-corrected chi connectivity index (χ3v) is 4.93. The van der Waals surface area contributed by atoms with Crippen molar-refractivity contribution in [1.29, 1.82) is 0 Å². The molecule has 6 nitrogen and oxygen atoms in total. The van der Waals surface area contributed by atoms with E-state index in [1.54, 1.807) is 44.7 Å². The molecule has 0 fully saturated rings. The molecule has 32 heavy (non-hydrogen) atoms. The highest BCUT2D eigenvalue weighted by Crippen LogP contribution is 2.28. The third-order valence-electron chi connectivity index (χ3n) is 4.68. The van der Waals surface area contributed by atoms with Crippen molar-refractivity contribution in [3.05, 3.63) is 87.9 Å². The Hall–Kier alpha value is -3.51. The first-order valence-corrected chi connectivity index (χ1v) is 10.3. The van der Waals surface area contributed by atoms with E-state index in [0.717, 1.165) is 16.7 Å². The normalized spacial score (nSPS) is 10.8. The van der Waals surface area contributed by atoms with E-state index < -0.39 is 0 Å². The Morgan fingerprint density at radius 2 is 1.62 bits per heavy atom. The summed E-state index contributed by atoms with van der Waals surface area (Å²) in [5.41, 5.74) is 3.11. The fraction of sp³-hybridized carbons (Fsp3) is 0.200. The maximum absolute atomic E-state index is 11.6. The molecule has 0 N–H and O–H groups in total. The number of methoxy groups -OCH3 is 2. The molecule has 0 bridgehead atoms. The van der Waals surface area contributed by atoms with Crippen LogP contribution in [0.2, 0.25) is 5.02 Å². The van der Waals surface area contributed by atoms with E-state index in [9.17, 15) is 4.79 Å². The first-order valence-electron chi connectivity index (χ1n) is 9.88. The molecular formula is C25H24ClNO5. The molecule has 3 aromatic rings. The Morgan fingerprint density at radius 3 is 2.31 bits per heavy atom. The van der Waals surface area contributed by atoms with Crippen LogP contribution in [0.1, 0.15) is 34.0 Å². The molecule has 0 heterocycles. The van der Waals surface area contributed by atoms with Crippen molar-refractivity contribution in [3.63, 3.8) is 0 Å². The minimum atomic E-state index is -0.0251. The number of benzene rings is 3. The van der Waals surface area contributed by atoms with Crippen molar-refractivity contribution in [3.8, 4) is 17.2 Å². The number of hydrogen-bond donors (Lipinski definition) is 0. The van der Waals surface area contributed by atoms with E-state index >= 15 is 0 Å². The van der Waals surface area contributed by atoms with Crippen LogP contribution in [-0.4, -0.2) is 26.2 Å². The molecule has 0 aromatic heterocycles. The molecule has 3 rings (SSSR count). The summed E-state index contributed by atoms with van der Waals surface area (Å²) in [5.74, 6) is 1.81. The number of halogens is 1. The minimum absolute atomic E-state index is 0.0251. The van der Waals surface area contributed by atoms with Crippen molar-refractivity contribution in [2.45, 2.75) is 20.1 Å². The van der Waals surface area contributed by atoms with Gasteiger partial charge in [-0.15, -0.1) is 0 Å². The zero-order valence-electron chi connectivity index (χ0n) is 18.1. The molecule has 0 radical (unpaired) electrons. The number of rotatable bonds is 10. The van der Waals surface area contributed by atoms with Crippen LogP contribution in [0.5, 0.6) is 17.2 Å². The number of oxime groups is 1. The second-order valence-electron chi connectivity index (χ2n) is 6.92. The van der Waals surface area contributed by atoms with Gasteiger partial charge < -0.3 is 19.0 Å². The maximum Gasteiger partial charge on any atom is 0.161 e. The number of carbonyl (C=O) groups excluding carboxylic acids is 1. The molecule has 0 unspecified atom stereocenters. The molecule has 3 aromatic carbocycles. The molecule has 0 amide bonds. The van der Waals surface area contributed by atoms with E-state index in [0.29, 0.717) is 34.4 Å². The van der Waals surface area contributed by atoms with Gasteiger partial charge in [-0.3, -0.25) is 4.79 Å². The van der Waals surface area contributed by atoms with Gasteiger partial charge in [-0.1, -0.05) is 28.9 Å². The van der Waals surface area contributed by atoms with Crippen molar-refractivity contribution in [2.24, 2.45) is 5.16 Å². The van der Waals surface area contributed by atoms with Crippen LogP contribution < -0.4 is 14.2 Å². The predicted octanol–water partition coefficient (Wildman–Crippen LogP) is 5.69. The average Bonchev–Trinajstić information content (AvgIpc) is 2.81. The van der Waals surface area contributed by atoms with Gasteiger partial charge in [-0.2, -0.15) is 0 Å². The van der Waals surface area contributed by atoms with E-state index in [4.69, 9.17) is 30.6 Å². The molecule has 0 spiro atoms. The second kappa shape index (κ2) is 11.2. The molecule has 0 atom stereocenters. The van der Waals surface area contributed by atoms with Crippen molar-refractivity contribution in [2.75, 3.05) is 14.2 Å². The number of ketones is 1. The van der Waals surface area contributed by atoms with Gasteiger partial charge in [-0.25, -0.2) is 0 Å². The third kappa shape index (κ3) is 6.25. The van der Waals surface area contributed by atoms with E-state index in [-0.39, 0.29) is 12.4 Å². The topological polar surface area (TPSA) is 66.4 Å². The zero-order valence-corrected chi connectivity index (χ0v) is 18.9. The Morgan fingerprint density at radius 1 is 0.906 bits per heavy atom. The van der Waals surface area contributed by atoms with E-state index in [2.05, 4.69) is 5.16 Å². The SMILES string of the molecule is COc1ccc(C(C)=O)cc1CO/N=C/c1ccc(OCc2ccc(Cl)cc2)c(OC)c1. The lowest BCUT2D eigenvalue weighted by atomic mass is 10.1. The lowest BCUT2D eigenvalue weighted by Gasteiger charge is -2.11. The molecule has 7 heteroatoms. The van der Waals surface area contributed by atoms with Gasteiger partial charge in [0, 0.05) is 21.7 Å². The fourth-order valence-corrected chi connectivity index (χ4v) is 3.07. The highest BCUT2D eigenvalue weighted by molar-refractivity contribution is 6.30. The molecule has 0 saturated heterocycles. The standard InChI is InChI=1S/C25H24ClNO5/c1-17(28)20-7-11-23(29-2)21(13-20)16-32-27-14-19-6-10-24(25(12-19)30-3)31-15-18-4-8-22(26)9-5-18/h4-14H,15-16H2,1-3H3/b27-14+. The quantitative estimate of drug-likeness (QED) is 0.224. The largest absolute Gasteiger partial charge is 0.496 e. The van der Waals surface area contributed by atoms with Crippen LogP contribution in [0.4, 0.5) is 0 Å². The van der Waals surface area contributed by atoms with Crippen molar-refractivity contribution < 1.29 is 23.8 Å². The second-order valence-corrected chi connectivity index (χ2v) is 7.35. The summed E-state index contributed by atoms with van der Waals surface area (Å²) < 4.78 is 16.6. The number of carbonyl (C=O) groups is 1. The smallest absolute Gasteiger partial charge is 0.161 e. The van der Waals surface area contributed by atoms with Crippen LogP contribution in [0.3, 0.4) is 0 Å². The monoisotopic (exact) mass is 453 g/mol. The number of ether oxygens (including phenoxy) is 3. The summed E-state index contributed by atoms with van der Waals surface area (Å²) in [6.45, 7) is 2.08. The minimum Gasteiger partial charge on any atom is -0.496 e. The van der Waals surface area contributed by atoms with Crippen molar-refractivity contribution >= 4 is 23.6 Å². The molecule has 0 aliphatic rings. The molecular weight excluding hydrogens is 430 g/mol. The van der Waals surface area contributed by atoms with E-state index in [1.807, 2.05) is 36.4 Å². The lowest BCUT2D eigenvalue weighted by molar-refractivity contribution is 0.101. The molecule has 166 valence electrons. The molecule has 0 aliphatic carbocycles. The summed E-state index contributed by atoms with van der Waals surface area (Å²) >= 11 is 5.91. The van der Waals surface area contributed by atoms with Gasteiger partial charge in [0.2, 0.25) is 0 Å². The molecule has 0 saturated carbocycles. The van der Waals surface area contributed by atoms with Gasteiger partial charge in [0.05, 0.1) is 20.4 Å².